The van der Waals surface area contributed by atoms with Crippen LogP contribution in [-0.4, -0.2) is 56.9 Å². The minimum atomic E-state index is -0.314. The van der Waals surface area contributed by atoms with Gasteiger partial charge in [-0.25, -0.2) is 15.0 Å². The highest BCUT2D eigenvalue weighted by Gasteiger charge is 2.24. The number of nitrogens with zero attached hydrogens (tertiary/aromatic N) is 4. The Morgan fingerprint density at radius 1 is 1.40 bits per heavy atom. The van der Waals surface area contributed by atoms with E-state index < -0.39 is 0 Å². The molecule has 0 aromatic carbocycles. The SMILES string of the molecule is CNC1CCCN(C(=O)Cc2c(C)nc(-c3ncccn3)[nH]c2=O)C1. The van der Waals surface area contributed by atoms with Crippen LogP contribution in [0.1, 0.15) is 24.1 Å². The quantitative estimate of drug-likeness (QED) is 0.828. The van der Waals surface area contributed by atoms with Gasteiger partial charge in [0.05, 0.1) is 6.42 Å². The molecule has 25 heavy (non-hydrogen) atoms. The maximum atomic E-state index is 12.6. The molecule has 1 atom stereocenters. The zero-order valence-electron chi connectivity index (χ0n) is 14.5. The number of nitrogens with one attached hydrogen (secondary N) is 2. The topological polar surface area (TPSA) is 104 Å². The summed E-state index contributed by atoms with van der Waals surface area (Å²) >= 11 is 0. The van der Waals surface area contributed by atoms with Crippen LogP contribution in [0, 0.1) is 6.92 Å². The number of aromatic amines is 1. The zero-order chi connectivity index (χ0) is 17.8. The molecule has 1 amide bonds. The first-order chi connectivity index (χ1) is 12.1. The predicted octanol–water partition coefficient (Wildman–Crippen LogP) is 0.288. The third-order valence-corrected chi connectivity index (χ3v) is 4.51. The first-order valence-corrected chi connectivity index (χ1v) is 8.40. The second-order valence-corrected chi connectivity index (χ2v) is 6.20. The number of aromatic nitrogens is 4. The molecule has 8 nitrogen and oxygen atoms in total. The van der Waals surface area contributed by atoms with Crippen molar-refractivity contribution in [3.05, 3.63) is 40.1 Å². The monoisotopic (exact) mass is 342 g/mol. The van der Waals surface area contributed by atoms with Crippen molar-refractivity contribution in [2.75, 3.05) is 20.1 Å². The largest absolute Gasteiger partial charge is 0.341 e. The Hall–Kier alpha value is -2.61. The maximum Gasteiger partial charge on any atom is 0.255 e. The fraction of sp³-hybridized carbons (Fsp3) is 0.471. The van der Waals surface area contributed by atoms with Gasteiger partial charge < -0.3 is 15.2 Å². The van der Waals surface area contributed by atoms with Crippen LogP contribution < -0.4 is 10.9 Å². The van der Waals surface area contributed by atoms with E-state index in [9.17, 15) is 9.59 Å². The average molecular weight is 342 g/mol. The minimum absolute atomic E-state index is 0.0425. The van der Waals surface area contributed by atoms with Crippen LogP contribution in [0.4, 0.5) is 0 Å². The first kappa shape index (κ1) is 17.2. The van der Waals surface area contributed by atoms with E-state index in [1.54, 1.807) is 25.4 Å². The van der Waals surface area contributed by atoms with Gasteiger partial charge in [0.1, 0.15) is 0 Å². The number of carbonyl (C=O) groups excluding carboxylic acids is 1. The van der Waals surface area contributed by atoms with E-state index in [1.165, 1.54) is 0 Å². The number of likely N-dealkylation sites (tertiary alicyclic amines) is 1. The Kier molecular flexibility index (Phi) is 5.18. The summed E-state index contributed by atoms with van der Waals surface area (Å²) in [7, 11) is 1.90. The molecule has 0 spiro atoms. The molecule has 3 heterocycles. The van der Waals surface area contributed by atoms with Crippen molar-refractivity contribution in [3.8, 4) is 11.6 Å². The molecule has 0 radical (unpaired) electrons. The highest BCUT2D eigenvalue weighted by atomic mass is 16.2. The Labute approximate surface area is 145 Å². The lowest BCUT2D eigenvalue weighted by molar-refractivity contribution is -0.131. The number of hydrogen-bond acceptors (Lipinski definition) is 6. The second-order valence-electron chi connectivity index (χ2n) is 6.20. The second kappa shape index (κ2) is 7.52. The van der Waals surface area contributed by atoms with Gasteiger partial charge in [0, 0.05) is 42.8 Å². The van der Waals surface area contributed by atoms with Crippen LogP contribution in [-0.2, 0) is 11.2 Å². The molecule has 1 fully saturated rings. The molecule has 0 saturated carbocycles. The number of hydrogen-bond donors (Lipinski definition) is 2. The zero-order valence-corrected chi connectivity index (χ0v) is 14.5. The number of amides is 1. The van der Waals surface area contributed by atoms with Crippen molar-refractivity contribution < 1.29 is 4.79 Å². The lowest BCUT2D eigenvalue weighted by Crippen LogP contribution is -2.47. The number of rotatable bonds is 4. The van der Waals surface area contributed by atoms with Crippen LogP contribution in [0.25, 0.3) is 11.6 Å². The molecule has 0 bridgehead atoms. The molecular formula is C17H22N6O2. The molecule has 2 aromatic rings. The summed E-state index contributed by atoms with van der Waals surface area (Å²) < 4.78 is 0. The molecule has 2 aromatic heterocycles. The number of H-pyrrole nitrogens is 1. The van der Waals surface area contributed by atoms with E-state index in [2.05, 4.69) is 25.3 Å². The van der Waals surface area contributed by atoms with Gasteiger partial charge in [0.15, 0.2) is 11.6 Å². The van der Waals surface area contributed by atoms with Gasteiger partial charge in [-0.15, -0.1) is 0 Å². The number of aryl methyl sites for hydroxylation is 1. The summed E-state index contributed by atoms with van der Waals surface area (Å²) in [5.41, 5.74) is 0.614. The highest BCUT2D eigenvalue weighted by Crippen LogP contribution is 2.13. The normalized spacial score (nSPS) is 17.5. The van der Waals surface area contributed by atoms with Gasteiger partial charge in [-0.05, 0) is 32.9 Å². The number of piperidine rings is 1. The van der Waals surface area contributed by atoms with E-state index in [1.807, 2.05) is 11.9 Å². The lowest BCUT2D eigenvalue weighted by atomic mass is 10.0. The van der Waals surface area contributed by atoms with Gasteiger partial charge in [-0.2, -0.15) is 0 Å². The average Bonchev–Trinajstić information content (AvgIpc) is 2.65. The minimum Gasteiger partial charge on any atom is -0.341 e. The Morgan fingerprint density at radius 3 is 2.84 bits per heavy atom. The van der Waals surface area contributed by atoms with Crippen molar-refractivity contribution in [2.24, 2.45) is 0 Å². The fourth-order valence-corrected chi connectivity index (χ4v) is 3.05. The molecular weight excluding hydrogens is 320 g/mol. The summed E-state index contributed by atoms with van der Waals surface area (Å²) in [6.45, 7) is 3.14. The third kappa shape index (κ3) is 3.90. The van der Waals surface area contributed by atoms with Gasteiger partial charge in [-0.3, -0.25) is 9.59 Å². The van der Waals surface area contributed by atoms with Gasteiger partial charge in [-0.1, -0.05) is 0 Å². The fourth-order valence-electron chi connectivity index (χ4n) is 3.05. The first-order valence-electron chi connectivity index (χ1n) is 8.40. The highest BCUT2D eigenvalue weighted by molar-refractivity contribution is 5.79. The third-order valence-electron chi connectivity index (χ3n) is 4.51. The molecule has 132 valence electrons. The van der Waals surface area contributed by atoms with E-state index in [0.717, 1.165) is 19.4 Å². The molecule has 3 rings (SSSR count). The van der Waals surface area contributed by atoms with Crippen molar-refractivity contribution in [2.45, 2.75) is 32.2 Å². The van der Waals surface area contributed by atoms with Crippen molar-refractivity contribution in [3.63, 3.8) is 0 Å². The van der Waals surface area contributed by atoms with Crippen LogP contribution >= 0.6 is 0 Å². The summed E-state index contributed by atoms with van der Waals surface area (Å²) in [5.74, 6) is 0.625. The molecule has 1 aliphatic rings. The van der Waals surface area contributed by atoms with Crippen LogP contribution in [0.2, 0.25) is 0 Å². The summed E-state index contributed by atoms with van der Waals surface area (Å²) in [6, 6.07) is 2.01. The number of carbonyl (C=O) groups is 1. The van der Waals surface area contributed by atoms with Crippen molar-refractivity contribution >= 4 is 5.91 Å². The Balaban J connectivity index is 1.79. The Morgan fingerprint density at radius 2 is 2.16 bits per heavy atom. The molecule has 1 saturated heterocycles. The van der Waals surface area contributed by atoms with Gasteiger partial charge >= 0.3 is 0 Å². The molecule has 0 aliphatic carbocycles. The molecule has 1 unspecified atom stereocenters. The van der Waals surface area contributed by atoms with Gasteiger partial charge in [0.25, 0.3) is 5.56 Å². The van der Waals surface area contributed by atoms with E-state index >= 15 is 0 Å². The van der Waals surface area contributed by atoms with Crippen molar-refractivity contribution in [1.29, 1.82) is 0 Å². The van der Waals surface area contributed by atoms with Crippen LogP contribution in [0.15, 0.2) is 23.3 Å². The number of likely N-dealkylation sites (N-methyl/N-ethyl adjacent to an activating group) is 1. The Bertz CT molecular complexity index is 805. The van der Waals surface area contributed by atoms with Crippen LogP contribution in [0.5, 0.6) is 0 Å². The molecule has 2 N–H and O–H groups in total. The molecule has 8 heteroatoms. The maximum absolute atomic E-state index is 12.6. The molecule has 1 aliphatic heterocycles. The standard InChI is InChI=1S/C17H22N6O2/c1-11-13(9-14(24)23-8-3-5-12(10-23)18-2)17(25)22-16(21-11)15-19-6-4-7-20-15/h4,6-7,12,18H,3,5,8-10H2,1-2H3,(H,21,22,25). The summed E-state index contributed by atoms with van der Waals surface area (Å²) in [6.07, 6.45) is 5.26. The van der Waals surface area contributed by atoms with Gasteiger partial charge in [0.2, 0.25) is 5.91 Å². The van der Waals surface area contributed by atoms with E-state index in [4.69, 9.17) is 0 Å². The summed E-state index contributed by atoms with van der Waals surface area (Å²) in [5, 5.41) is 3.21. The van der Waals surface area contributed by atoms with E-state index in [0.29, 0.717) is 35.5 Å². The van der Waals surface area contributed by atoms with Crippen molar-refractivity contribution in [1.82, 2.24) is 30.2 Å². The van der Waals surface area contributed by atoms with E-state index in [-0.39, 0.29) is 17.9 Å². The van der Waals surface area contributed by atoms with Crippen LogP contribution in [0.3, 0.4) is 0 Å². The predicted molar refractivity (Wildman–Crippen MR) is 93.0 cm³/mol. The lowest BCUT2D eigenvalue weighted by Gasteiger charge is -2.32. The summed E-state index contributed by atoms with van der Waals surface area (Å²) in [4.78, 5) is 42.1. The smallest absolute Gasteiger partial charge is 0.255 e.